The van der Waals surface area contributed by atoms with E-state index in [9.17, 15) is 0 Å². The molecule has 0 radical (unpaired) electrons. The van der Waals surface area contributed by atoms with Crippen LogP contribution in [0.3, 0.4) is 0 Å². The van der Waals surface area contributed by atoms with Gasteiger partial charge in [0.25, 0.3) is 5.95 Å². The third-order valence-corrected chi connectivity index (χ3v) is 4.42. The molecule has 0 amide bonds. The fraction of sp³-hybridized carbons (Fsp3) is 0.235. The van der Waals surface area contributed by atoms with Crippen LogP contribution < -0.4 is 14.8 Å². The van der Waals surface area contributed by atoms with Gasteiger partial charge in [-0.05, 0) is 42.0 Å². The Bertz CT molecular complexity index is 906. The molecule has 1 heterocycles. The summed E-state index contributed by atoms with van der Waals surface area (Å²) in [5.41, 5.74) is 1.67. The Morgan fingerprint density at radius 1 is 1.07 bits per heavy atom. The van der Waals surface area contributed by atoms with E-state index in [4.69, 9.17) is 44.3 Å². The molecular formula is C17H16Cl3N5O2. The van der Waals surface area contributed by atoms with Crippen LogP contribution in [0.1, 0.15) is 18.1 Å². The minimum Gasteiger partial charge on any atom is -0.490 e. The van der Waals surface area contributed by atoms with Gasteiger partial charge in [0.05, 0.1) is 11.6 Å². The summed E-state index contributed by atoms with van der Waals surface area (Å²) < 4.78 is 11.6. The number of H-pyrrole nitrogens is 1. The van der Waals surface area contributed by atoms with E-state index in [1.165, 1.54) is 0 Å². The molecule has 1 aromatic heterocycles. The summed E-state index contributed by atoms with van der Waals surface area (Å²) in [6.07, 6.45) is 0. The van der Waals surface area contributed by atoms with Crippen LogP contribution in [-0.2, 0) is 13.2 Å². The number of anilines is 1. The Hall–Kier alpha value is -2.22. The second-order valence-electron chi connectivity index (χ2n) is 5.45. The third-order valence-electron chi connectivity index (χ3n) is 3.55. The molecule has 3 rings (SSSR count). The average Bonchev–Trinajstić information content (AvgIpc) is 3.14. The van der Waals surface area contributed by atoms with Crippen molar-refractivity contribution in [1.29, 1.82) is 0 Å². The molecule has 142 valence electrons. The van der Waals surface area contributed by atoms with E-state index < -0.39 is 0 Å². The molecule has 0 fully saturated rings. The van der Waals surface area contributed by atoms with Gasteiger partial charge in [0.15, 0.2) is 11.5 Å². The lowest BCUT2D eigenvalue weighted by Crippen LogP contribution is -2.05. The van der Waals surface area contributed by atoms with Crippen molar-refractivity contribution >= 4 is 40.8 Å². The van der Waals surface area contributed by atoms with Crippen LogP contribution in [0.2, 0.25) is 15.1 Å². The van der Waals surface area contributed by atoms with E-state index in [2.05, 4.69) is 25.9 Å². The minimum atomic E-state index is 0.232. The number of aromatic amines is 1. The number of hydrogen-bond donors (Lipinski definition) is 2. The van der Waals surface area contributed by atoms with Gasteiger partial charge in [-0.3, -0.25) is 0 Å². The topological polar surface area (TPSA) is 85.0 Å². The Kier molecular flexibility index (Phi) is 6.60. The molecule has 0 aliphatic heterocycles. The fourth-order valence-electron chi connectivity index (χ4n) is 2.33. The summed E-state index contributed by atoms with van der Waals surface area (Å²) in [5.74, 6) is 1.38. The van der Waals surface area contributed by atoms with E-state index in [-0.39, 0.29) is 6.61 Å². The number of aromatic nitrogens is 4. The lowest BCUT2D eigenvalue weighted by Gasteiger charge is -2.16. The largest absolute Gasteiger partial charge is 0.490 e. The van der Waals surface area contributed by atoms with Gasteiger partial charge in [0, 0.05) is 22.2 Å². The SMILES string of the molecule is CCOc1cc(CNc2nn[nH]n2)cc(Cl)c1OCc1ccc(Cl)cc1Cl. The summed E-state index contributed by atoms with van der Waals surface area (Å²) in [6, 6.07) is 8.86. The van der Waals surface area contributed by atoms with E-state index in [1.54, 1.807) is 18.2 Å². The molecule has 0 aliphatic carbocycles. The fourth-order valence-corrected chi connectivity index (χ4v) is 3.08. The number of nitrogens with one attached hydrogen (secondary N) is 2. The molecule has 0 saturated carbocycles. The molecule has 7 nitrogen and oxygen atoms in total. The average molecular weight is 429 g/mol. The normalized spacial score (nSPS) is 10.7. The van der Waals surface area contributed by atoms with Gasteiger partial charge in [-0.15, -0.1) is 5.10 Å². The second-order valence-corrected chi connectivity index (χ2v) is 6.70. The number of halogens is 3. The summed E-state index contributed by atoms with van der Waals surface area (Å²) >= 11 is 18.5. The van der Waals surface area contributed by atoms with Crippen LogP contribution in [0.25, 0.3) is 0 Å². The molecule has 0 unspecified atom stereocenters. The van der Waals surface area contributed by atoms with E-state index >= 15 is 0 Å². The predicted octanol–water partition coefficient (Wildman–Crippen LogP) is 4.75. The predicted molar refractivity (Wildman–Crippen MR) is 105 cm³/mol. The van der Waals surface area contributed by atoms with Crippen LogP contribution in [0.4, 0.5) is 5.95 Å². The number of rotatable bonds is 8. The van der Waals surface area contributed by atoms with Crippen LogP contribution in [0, 0.1) is 0 Å². The number of nitrogens with zero attached hydrogens (tertiary/aromatic N) is 3. The quantitative estimate of drug-likeness (QED) is 0.538. The molecule has 27 heavy (non-hydrogen) atoms. The first-order valence-corrected chi connectivity index (χ1v) is 9.19. The molecule has 10 heteroatoms. The molecule has 0 aliphatic rings. The highest BCUT2D eigenvalue weighted by molar-refractivity contribution is 6.35. The zero-order valence-corrected chi connectivity index (χ0v) is 16.6. The lowest BCUT2D eigenvalue weighted by atomic mass is 10.2. The van der Waals surface area contributed by atoms with Crippen LogP contribution in [-0.4, -0.2) is 27.2 Å². The molecule has 0 atom stereocenters. The van der Waals surface area contributed by atoms with Gasteiger partial charge < -0.3 is 14.8 Å². The van der Waals surface area contributed by atoms with Gasteiger partial charge in [0.2, 0.25) is 0 Å². The number of tetrazole rings is 1. The van der Waals surface area contributed by atoms with E-state index in [0.29, 0.717) is 45.7 Å². The first kappa shape index (κ1) is 19.5. The zero-order chi connectivity index (χ0) is 19.2. The maximum absolute atomic E-state index is 6.43. The molecule has 0 saturated heterocycles. The summed E-state index contributed by atoms with van der Waals surface area (Å²) in [5, 5.41) is 18.1. The maximum atomic E-state index is 6.43. The van der Waals surface area contributed by atoms with Crippen LogP contribution >= 0.6 is 34.8 Å². The van der Waals surface area contributed by atoms with Crippen molar-refractivity contribution in [2.24, 2.45) is 0 Å². The Labute approximate surface area is 170 Å². The van der Waals surface area contributed by atoms with Crippen LogP contribution in [0.5, 0.6) is 11.5 Å². The van der Waals surface area contributed by atoms with Gasteiger partial charge in [0.1, 0.15) is 6.61 Å². The number of ether oxygens (including phenoxy) is 2. The van der Waals surface area contributed by atoms with Gasteiger partial charge in [-0.1, -0.05) is 46.0 Å². The maximum Gasteiger partial charge on any atom is 0.263 e. The summed E-state index contributed by atoms with van der Waals surface area (Å²) in [6.45, 7) is 3.03. The van der Waals surface area contributed by atoms with Crippen molar-refractivity contribution in [2.45, 2.75) is 20.1 Å². The molecule has 0 bridgehead atoms. The molecule has 0 spiro atoms. The lowest BCUT2D eigenvalue weighted by molar-refractivity contribution is 0.269. The van der Waals surface area contributed by atoms with Crippen molar-refractivity contribution in [3.05, 3.63) is 56.5 Å². The smallest absolute Gasteiger partial charge is 0.263 e. The van der Waals surface area contributed by atoms with Gasteiger partial charge in [-0.2, -0.15) is 5.21 Å². The highest BCUT2D eigenvalue weighted by Crippen LogP contribution is 2.38. The Balaban J connectivity index is 1.76. The Morgan fingerprint density at radius 3 is 2.63 bits per heavy atom. The van der Waals surface area contributed by atoms with Crippen molar-refractivity contribution in [3.8, 4) is 11.5 Å². The third kappa shape index (κ3) is 5.15. The molecular weight excluding hydrogens is 413 g/mol. The van der Waals surface area contributed by atoms with Gasteiger partial charge >= 0.3 is 0 Å². The Morgan fingerprint density at radius 2 is 1.93 bits per heavy atom. The van der Waals surface area contributed by atoms with Crippen molar-refractivity contribution < 1.29 is 9.47 Å². The first-order chi connectivity index (χ1) is 13.1. The van der Waals surface area contributed by atoms with E-state index in [0.717, 1.165) is 11.1 Å². The summed E-state index contributed by atoms with van der Waals surface area (Å²) in [4.78, 5) is 0. The molecule has 3 aromatic rings. The zero-order valence-electron chi connectivity index (χ0n) is 14.3. The summed E-state index contributed by atoms with van der Waals surface area (Å²) in [7, 11) is 0. The molecule has 2 N–H and O–H groups in total. The standard InChI is InChI=1S/C17H16Cl3N5O2/c1-2-26-15-6-10(8-21-17-22-24-25-23-17)5-14(20)16(15)27-9-11-3-4-12(18)7-13(11)19/h3-7H,2,8-9H2,1H3,(H2,21,22,23,24,25). The number of hydrogen-bond acceptors (Lipinski definition) is 6. The van der Waals surface area contributed by atoms with Crippen molar-refractivity contribution in [3.63, 3.8) is 0 Å². The monoisotopic (exact) mass is 427 g/mol. The second kappa shape index (κ2) is 9.12. The van der Waals surface area contributed by atoms with Gasteiger partial charge in [-0.25, -0.2) is 0 Å². The highest BCUT2D eigenvalue weighted by Gasteiger charge is 2.14. The van der Waals surface area contributed by atoms with E-state index in [1.807, 2.05) is 19.1 Å². The first-order valence-electron chi connectivity index (χ1n) is 8.06. The highest BCUT2D eigenvalue weighted by atomic mass is 35.5. The number of benzene rings is 2. The van der Waals surface area contributed by atoms with Crippen molar-refractivity contribution in [2.75, 3.05) is 11.9 Å². The minimum absolute atomic E-state index is 0.232. The molecule has 2 aromatic carbocycles. The van der Waals surface area contributed by atoms with Crippen LogP contribution in [0.15, 0.2) is 30.3 Å². The van der Waals surface area contributed by atoms with Crippen molar-refractivity contribution in [1.82, 2.24) is 20.6 Å².